The monoisotopic (exact) mass is 305 g/mol. The predicted octanol–water partition coefficient (Wildman–Crippen LogP) is 0.917. The first kappa shape index (κ1) is 16.5. The van der Waals surface area contributed by atoms with Crippen LogP contribution in [-0.4, -0.2) is 48.6 Å². The van der Waals surface area contributed by atoms with Crippen LogP contribution in [0, 0.1) is 5.82 Å². The van der Waals surface area contributed by atoms with Crippen molar-refractivity contribution in [1.29, 1.82) is 0 Å². The molecule has 1 aromatic carbocycles. The fourth-order valence-corrected chi connectivity index (χ4v) is 3.24. The van der Waals surface area contributed by atoms with Gasteiger partial charge in [0.05, 0.1) is 17.1 Å². The highest BCUT2D eigenvalue weighted by atomic mass is 32.2. The van der Waals surface area contributed by atoms with Crippen molar-refractivity contribution >= 4 is 16.0 Å². The summed E-state index contributed by atoms with van der Waals surface area (Å²) < 4.78 is 38.9. The van der Waals surface area contributed by atoms with E-state index in [0.717, 1.165) is 22.5 Å². The lowest BCUT2D eigenvalue weighted by atomic mass is 10.2. The molecule has 0 bridgehead atoms. The number of aromatic carboxylic acids is 1. The SMILES string of the molecule is CCCN(CCO)S(=O)(=O)c1ccc(F)c(C(=O)O)c1. The van der Waals surface area contributed by atoms with E-state index in [2.05, 4.69) is 0 Å². The molecule has 0 fully saturated rings. The molecule has 0 unspecified atom stereocenters. The maximum atomic E-state index is 13.3. The molecule has 0 saturated carbocycles. The van der Waals surface area contributed by atoms with Crippen molar-refractivity contribution in [2.45, 2.75) is 18.2 Å². The van der Waals surface area contributed by atoms with Crippen molar-refractivity contribution in [2.24, 2.45) is 0 Å². The number of rotatable bonds is 7. The molecule has 6 nitrogen and oxygen atoms in total. The lowest BCUT2D eigenvalue weighted by molar-refractivity contribution is 0.0691. The predicted molar refractivity (Wildman–Crippen MR) is 69.5 cm³/mol. The van der Waals surface area contributed by atoms with Crippen LogP contribution in [0.15, 0.2) is 23.1 Å². The van der Waals surface area contributed by atoms with E-state index < -0.39 is 27.4 Å². The summed E-state index contributed by atoms with van der Waals surface area (Å²) in [5.41, 5.74) is -0.702. The molecule has 0 saturated heterocycles. The minimum absolute atomic E-state index is 0.101. The Morgan fingerprint density at radius 1 is 1.35 bits per heavy atom. The molecule has 20 heavy (non-hydrogen) atoms. The van der Waals surface area contributed by atoms with Crippen LogP contribution in [0.4, 0.5) is 4.39 Å². The van der Waals surface area contributed by atoms with Gasteiger partial charge in [-0.3, -0.25) is 0 Å². The molecule has 0 atom stereocenters. The zero-order valence-electron chi connectivity index (χ0n) is 10.9. The third-order valence-electron chi connectivity index (χ3n) is 2.63. The molecule has 0 aromatic heterocycles. The molecule has 0 heterocycles. The average molecular weight is 305 g/mol. The Morgan fingerprint density at radius 2 is 2.00 bits per heavy atom. The van der Waals surface area contributed by atoms with Crippen molar-refractivity contribution in [3.05, 3.63) is 29.6 Å². The van der Waals surface area contributed by atoms with Gasteiger partial charge in [-0.25, -0.2) is 17.6 Å². The summed E-state index contributed by atoms with van der Waals surface area (Å²) >= 11 is 0. The minimum Gasteiger partial charge on any atom is -0.478 e. The number of aliphatic hydroxyl groups is 1. The van der Waals surface area contributed by atoms with E-state index in [9.17, 15) is 17.6 Å². The molecule has 0 amide bonds. The first-order valence-electron chi connectivity index (χ1n) is 5.98. The van der Waals surface area contributed by atoms with Gasteiger partial charge < -0.3 is 10.2 Å². The van der Waals surface area contributed by atoms with Gasteiger partial charge in [-0.1, -0.05) is 6.92 Å². The number of hydrogen-bond acceptors (Lipinski definition) is 4. The lowest BCUT2D eigenvalue weighted by Gasteiger charge is -2.20. The van der Waals surface area contributed by atoms with E-state index in [1.807, 2.05) is 0 Å². The number of carboxylic acid groups (broad SMARTS) is 1. The zero-order valence-corrected chi connectivity index (χ0v) is 11.7. The number of hydrogen-bond donors (Lipinski definition) is 2. The molecule has 1 rings (SSSR count). The lowest BCUT2D eigenvalue weighted by Crippen LogP contribution is -2.34. The molecule has 112 valence electrons. The molecular weight excluding hydrogens is 289 g/mol. The van der Waals surface area contributed by atoms with Gasteiger partial charge in [0, 0.05) is 13.1 Å². The normalized spacial score (nSPS) is 11.8. The van der Waals surface area contributed by atoms with Crippen molar-refractivity contribution in [1.82, 2.24) is 4.31 Å². The summed E-state index contributed by atoms with van der Waals surface area (Å²) in [5, 5.41) is 17.7. The third-order valence-corrected chi connectivity index (χ3v) is 4.52. The van der Waals surface area contributed by atoms with E-state index >= 15 is 0 Å². The zero-order chi connectivity index (χ0) is 15.3. The van der Waals surface area contributed by atoms with Gasteiger partial charge in [-0.15, -0.1) is 0 Å². The second kappa shape index (κ2) is 6.78. The van der Waals surface area contributed by atoms with Crippen LogP contribution in [0.5, 0.6) is 0 Å². The van der Waals surface area contributed by atoms with Gasteiger partial charge in [0.25, 0.3) is 0 Å². The number of carboxylic acids is 1. The second-order valence-corrected chi connectivity index (χ2v) is 6.01. The minimum atomic E-state index is -3.95. The van der Waals surface area contributed by atoms with Crippen molar-refractivity contribution in [3.8, 4) is 0 Å². The molecular formula is C12H16FNO5S. The van der Waals surface area contributed by atoms with Gasteiger partial charge in [0.1, 0.15) is 5.82 Å². The second-order valence-electron chi connectivity index (χ2n) is 4.07. The van der Waals surface area contributed by atoms with E-state index in [-0.39, 0.29) is 24.6 Å². The first-order chi connectivity index (χ1) is 9.34. The van der Waals surface area contributed by atoms with Gasteiger partial charge in [-0.05, 0) is 24.6 Å². The smallest absolute Gasteiger partial charge is 0.338 e. The standard InChI is InChI=1S/C12H16FNO5S/c1-2-5-14(6-7-15)20(18,19)9-3-4-11(13)10(8-9)12(16)17/h3-4,8,15H,2,5-7H2,1H3,(H,16,17). The Hall–Kier alpha value is -1.51. The molecule has 0 radical (unpaired) electrons. The molecule has 0 aliphatic carbocycles. The van der Waals surface area contributed by atoms with Crippen molar-refractivity contribution < 1.29 is 27.8 Å². The molecule has 8 heteroatoms. The van der Waals surface area contributed by atoms with Crippen LogP contribution in [-0.2, 0) is 10.0 Å². The van der Waals surface area contributed by atoms with Crippen LogP contribution < -0.4 is 0 Å². The Balaban J connectivity index is 3.26. The topological polar surface area (TPSA) is 94.9 Å². The highest BCUT2D eigenvalue weighted by Gasteiger charge is 2.25. The van der Waals surface area contributed by atoms with E-state index in [4.69, 9.17) is 10.2 Å². The molecule has 2 N–H and O–H groups in total. The van der Waals surface area contributed by atoms with Gasteiger partial charge in [0.2, 0.25) is 10.0 Å². The largest absolute Gasteiger partial charge is 0.478 e. The van der Waals surface area contributed by atoms with Crippen molar-refractivity contribution in [3.63, 3.8) is 0 Å². The number of halogens is 1. The summed E-state index contributed by atoms with van der Waals surface area (Å²) in [6, 6.07) is 2.60. The van der Waals surface area contributed by atoms with Gasteiger partial charge in [0.15, 0.2) is 0 Å². The van der Waals surface area contributed by atoms with Crippen LogP contribution in [0.2, 0.25) is 0 Å². The molecule has 0 aliphatic rings. The number of nitrogens with zero attached hydrogens (tertiary/aromatic N) is 1. The highest BCUT2D eigenvalue weighted by molar-refractivity contribution is 7.89. The van der Waals surface area contributed by atoms with Crippen LogP contribution in [0.25, 0.3) is 0 Å². The summed E-state index contributed by atoms with van der Waals surface area (Å²) in [6.07, 6.45) is 0.534. The maximum Gasteiger partial charge on any atom is 0.338 e. The molecule has 0 aliphatic heterocycles. The van der Waals surface area contributed by atoms with Crippen LogP contribution in [0.1, 0.15) is 23.7 Å². The first-order valence-corrected chi connectivity index (χ1v) is 7.42. The van der Waals surface area contributed by atoms with E-state index in [1.165, 1.54) is 0 Å². The van der Waals surface area contributed by atoms with Gasteiger partial charge in [-0.2, -0.15) is 4.31 Å². The third kappa shape index (κ3) is 3.53. The quantitative estimate of drug-likeness (QED) is 0.781. The summed E-state index contributed by atoms with van der Waals surface area (Å²) in [7, 11) is -3.95. The molecule has 0 spiro atoms. The highest BCUT2D eigenvalue weighted by Crippen LogP contribution is 2.19. The summed E-state index contributed by atoms with van der Waals surface area (Å²) in [5.74, 6) is -2.54. The van der Waals surface area contributed by atoms with Crippen LogP contribution in [0.3, 0.4) is 0 Å². The van der Waals surface area contributed by atoms with Gasteiger partial charge >= 0.3 is 5.97 Å². The van der Waals surface area contributed by atoms with Crippen molar-refractivity contribution in [2.75, 3.05) is 19.7 Å². The summed E-state index contributed by atoms with van der Waals surface area (Å²) in [6.45, 7) is 1.50. The van der Waals surface area contributed by atoms with E-state index in [0.29, 0.717) is 6.42 Å². The Bertz CT molecular complexity index is 582. The number of benzene rings is 1. The Labute approximate surface area is 116 Å². The fraction of sp³-hybridized carbons (Fsp3) is 0.417. The number of carbonyl (C=O) groups is 1. The average Bonchev–Trinajstić information content (AvgIpc) is 2.38. The summed E-state index contributed by atoms with van der Waals surface area (Å²) in [4.78, 5) is 10.5. The Morgan fingerprint density at radius 3 is 2.50 bits per heavy atom. The van der Waals surface area contributed by atoms with Crippen LogP contribution >= 0.6 is 0 Å². The fourth-order valence-electron chi connectivity index (χ4n) is 1.69. The number of sulfonamides is 1. The Kier molecular flexibility index (Phi) is 5.61. The number of aliphatic hydroxyl groups excluding tert-OH is 1. The maximum absolute atomic E-state index is 13.3. The molecule has 1 aromatic rings. The van der Waals surface area contributed by atoms with E-state index in [1.54, 1.807) is 6.92 Å².